The Morgan fingerprint density at radius 2 is 1.80 bits per heavy atom. The third kappa shape index (κ3) is 4.70. The standard InChI is InChI=1S/C22H28N2O5S/c1-5-28-20-10-8-16(14-21(20)29-6-2)15(3)23-22(25)18-7-9-19-17(13-18)11-12-24(19)30(4,26)27/h7-10,13-15H,5-6,11-12H2,1-4H3,(H,23,25). The number of nitrogens with one attached hydrogen (secondary N) is 1. The van der Waals surface area contributed by atoms with E-state index in [0.29, 0.717) is 48.9 Å². The van der Waals surface area contributed by atoms with E-state index >= 15 is 0 Å². The fourth-order valence-electron chi connectivity index (χ4n) is 3.56. The van der Waals surface area contributed by atoms with E-state index in [0.717, 1.165) is 11.1 Å². The van der Waals surface area contributed by atoms with E-state index in [1.807, 2.05) is 39.0 Å². The molecule has 0 saturated heterocycles. The van der Waals surface area contributed by atoms with Crippen molar-refractivity contribution >= 4 is 21.6 Å². The highest BCUT2D eigenvalue weighted by Crippen LogP contribution is 2.32. The third-order valence-electron chi connectivity index (χ3n) is 5.01. The van der Waals surface area contributed by atoms with Gasteiger partial charge in [0.05, 0.1) is 31.2 Å². The second-order valence-electron chi connectivity index (χ2n) is 7.20. The Morgan fingerprint density at radius 1 is 1.10 bits per heavy atom. The average Bonchev–Trinajstić information content (AvgIpc) is 3.13. The molecule has 0 fully saturated rings. The minimum absolute atomic E-state index is 0.213. The van der Waals surface area contributed by atoms with Crippen LogP contribution in [0.5, 0.6) is 11.5 Å². The van der Waals surface area contributed by atoms with Gasteiger partial charge in [-0.15, -0.1) is 0 Å². The predicted molar refractivity (Wildman–Crippen MR) is 117 cm³/mol. The summed E-state index contributed by atoms with van der Waals surface area (Å²) in [5, 5.41) is 3.00. The van der Waals surface area contributed by atoms with Crippen LogP contribution in [-0.4, -0.2) is 40.3 Å². The minimum atomic E-state index is -3.31. The smallest absolute Gasteiger partial charge is 0.251 e. The van der Waals surface area contributed by atoms with Gasteiger partial charge in [-0.05, 0) is 68.7 Å². The molecular weight excluding hydrogens is 404 g/mol. The highest BCUT2D eigenvalue weighted by Gasteiger charge is 2.27. The van der Waals surface area contributed by atoms with Crippen molar-refractivity contribution in [3.8, 4) is 11.5 Å². The first kappa shape index (κ1) is 22.0. The summed E-state index contributed by atoms with van der Waals surface area (Å²) < 4.78 is 36.4. The van der Waals surface area contributed by atoms with Gasteiger partial charge in [-0.3, -0.25) is 9.10 Å². The Morgan fingerprint density at radius 3 is 2.47 bits per heavy atom. The average molecular weight is 433 g/mol. The maximum Gasteiger partial charge on any atom is 0.251 e. The first-order valence-corrected chi connectivity index (χ1v) is 11.9. The minimum Gasteiger partial charge on any atom is -0.490 e. The number of hydrogen-bond donors (Lipinski definition) is 1. The number of anilines is 1. The molecule has 3 rings (SSSR count). The summed E-state index contributed by atoms with van der Waals surface area (Å²) in [5.74, 6) is 1.11. The van der Waals surface area contributed by atoms with Crippen molar-refractivity contribution in [3.05, 3.63) is 53.1 Å². The van der Waals surface area contributed by atoms with Crippen LogP contribution in [0.3, 0.4) is 0 Å². The van der Waals surface area contributed by atoms with Gasteiger partial charge in [-0.25, -0.2) is 8.42 Å². The van der Waals surface area contributed by atoms with E-state index in [9.17, 15) is 13.2 Å². The third-order valence-corrected chi connectivity index (χ3v) is 6.19. The zero-order chi connectivity index (χ0) is 21.9. The number of amides is 1. The van der Waals surface area contributed by atoms with Crippen molar-refractivity contribution in [1.29, 1.82) is 0 Å². The van der Waals surface area contributed by atoms with Gasteiger partial charge in [0.1, 0.15) is 0 Å². The van der Waals surface area contributed by atoms with Crippen LogP contribution in [0.4, 0.5) is 5.69 Å². The van der Waals surface area contributed by atoms with Crippen molar-refractivity contribution < 1.29 is 22.7 Å². The second kappa shape index (κ2) is 8.95. The van der Waals surface area contributed by atoms with Crippen molar-refractivity contribution in [1.82, 2.24) is 5.32 Å². The number of sulfonamides is 1. The molecule has 1 atom stereocenters. The normalized spacial score (nSPS) is 14.2. The molecule has 1 heterocycles. The summed E-state index contributed by atoms with van der Waals surface area (Å²) in [5.41, 5.74) is 2.92. The summed E-state index contributed by atoms with van der Waals surface area (Å²) in [6, 6.07) is 10.5. The Labute approximate surface area is 178 Å². The van der Waals surface area contributed by atoms with Gasteiger partial charge in [0.25, 0.3) is 5.91 Å². The lowest BCUT2D eigenvalue weighted by atomic mass is 10.1. The van der Waals surface area contributed by atoms with Gasteiger partial charge >= 0.3 is 0 Å². The second-order valence-corrected chi connectivity index (χ2v) is 9.10. The lowest BCUT2D eigenvalue weighted by molar-refractivity contribution is 0.0939. The van der Waals surface area contributed by atoms with Gasteiger partial charge in [0.2, 0.25) is 10.0 Å². The Hall–Kier alpha value is -2.74. The molecule has 2 aromatic carbocycles. The fourth-order valence-corrected chi connectivity index (χ4v) is 4.52. The fraction of sp³-hybridized carbons (Fsp3) is 0.409. The maximum atomic E-state index is 12.8. The van der Waals surface area contributed by atoms with Crippen LogP contribution in [0, 0.1) is 0 Å². The highest BCUT2D eigenvalue weighted by atomic mass is 32.2. The molecule has 0 bridgehead atoms. The van der Waals surface area contributed by atoms with Crippen LogP contribution in [0.2, 0.25) is 0 Å². The largest absolute Gasteiger partial charge is 0.490 e. The van der Waals surface area contributed by atoms with Crippen LogP contribution >= 0.6 is 0 Å². The zero-order valence-corrected chi connectivity index (χ0v) is 18.6. The Bertz CT molecular complexity index is 1040. The molecule has 0 aromatic heterocycles. The topological polar surface area (TPSA) is 84.9 Å². The molecule has 0 radical (unpaired) electrons. The van der Waals surface area contributed by atoms with Gasteiger partial charge in [0, 0.05) is 12.1 Å². The SMILES string of the molecule is CCOc1ccc(C(C)NC(=O)c2ccc3c(c2)CCN3S(C)(=O)=O)cc1OCC. The van der Waals surface area contributed by atoms with E-state index in [1.165, 1.54) is 10.6 Å². The summed E-state index contributed by atoms with van der Waals surface area (Å²) in [7, 11) is -3.31. The van der Waals surface area contributed by atoms with Gasteiger partial charge in [0.15, 0.2) is 11.5 Å². The number of benzene rings is 2. The van der Waals surface area contributed by atoms with Crippen molar-refractivity contribution in [2.24, 2.45) is 0 Å². The number of hydrogen-bond acceptors (Lipinski definition) is 5. The van der Waals surface area contributed by atoms with Crippen LogP contribution in [0.1, 0.15) is 48.3 Å². The van der Waals surface area contributed by atoms with Crippen molar-refractivity contribution in [2.75, 3.05) is 30.3 Å². The van der Waals surface area contributed by atoms with Crippen molar-refractivity contribution in [3.63, 3.8) is 0 Å². The van der Waals surface area contributed by atoms with Crippen LogP contribution in [0.25, 0.3) is 0 Å². The molecule has 1 aliphatic rings. The first-order chi connectivity index (χ1) is 14.2. The number of carbonyl (C=O) groups is 1. The summed E-state index contributed by atoms with van der Waals surface area (Å²) in [6.45, 7) is 7.19. The summed E-state index contributed by atoms with van der Waals surface area (Å²) >= 11 is 0. The number of rotatable bonds is 8. The van der Waals surface area contributed by atoms with Crippen LogP contribution in [-0.2, 0) is 16.4 Å². The lowest BCUT2D eigenvalue weighted by Gasteiger charge is -2.18. The molecule has 7 nitrogen and oxygen atoms in total. The first-order valence-electron chi connectivity index (χ1n) is 10.1. The van der Waals surface area contributed by atoms with E-state index in [-0.39, 0.29) is 11.9 Å². The molecule has 1 amide bonds. The van der Waals surface area contributed by atoms with Gasteiger partial charge in [-0.2, -0.15) is 0 Å². The number of carbonyl (C=O) groups excluding carboxylic acids is 1. The summed E-state index contributed by atoms with van der Waals surface area (Å²) in [6.07, 6.45) is 1.79. The number of nitrogens with zero attached hydrogens (tertiary/aromatic N) is 1. The lowest BCUT2D eigenvalue weighted by Crippen LogP contribution is -2.28. The molecular formula is C22H28N2O5S. The zero-order valence-electron chi connectivity index (χ0n) is 17.8. The van der Waals surface area contributed by atoms with E-state index in [2.05, 4.69) is 5.32 Å². The molecule has 1 unspecified atom stereocenters. The monoisotopic (exact) mass is 432 g/mol. The maximum absolute atomic E-state index is 12.8. The van der Waals surface area contributed by atoms with Crippen molar-refractivity contribution in [2.45, 2.75) is 33.2 Å². The number of ether oxygens (including phenoxy) is 2. The van der Waals surface area contributed by atoms with E-state index < -0.39 is 10.0 Å². The molecule has 0 aliphatic carbocycles. The Balaban J connectivity index is 1.76. The predicted octanol–water partition coefficient (Wildman–Crippen LogP) is 3.30. The Kier molecular flexibility index (Phi) is 6.55. The van der Waals surface area contributed by atoms with Crippen LogP contribution in [0.15, 0.2) is 36.4 Å². The molecule has 1 aliphatic heterocycles. The molecule has 30 heavy (non-hydrogen) atoms. The van der Waals surface area contributed by atoms with Gasteiger partial charge in [-0.1, -0.05) is 6.07 Å². The highest BCUT2D eigenvalue weighted by molar-refractivity contribution is 7.92. The van der Waals surface area contributed by atoms with E-state index in [1.54, 1.807) is 18.2 Å². The molecule has 0 spiro atoms. The molecule has 162 valence electrons. The summed E-state index contributed by atoms with van der Waals surface area (Å²) in [4.78, 5) is 12.8. The molecule has 2 aromatic rings. The quantitative estimate of drug-likeness (QED) is 0.692. The molecule has 1 N–H and O–H groups in total. The molecule has 8 heteroatoms. The van der Waals surface area contributed by atoms with E-state index in [4.69, 9.17) is 9.47 Å². The van der Waals surface area contributed by atoms with Crippen LogP contribution < -0.4 is 19.1 Å². The molecule has 0 saturated carbocycles. The number of fused-ring (bicyclic) bond motifs is 1. The van der Waals surface area contributed by atoms with Gasteiger partial charge < -0.3 is 14.8 Å².